The minimum atomic E-state index is -4.41. The molecule has 32 heavy (non-hydrogen) atoms. The van der Waals surface area contributed by atoms with E-state index in [4.69, 9.17) is 10.5 Å². The van der Waals surface area contributed by atoms with Gasteiger partial charge in [-0.1, -0.05) is 6.07 Å². The van der Waals surface area contributed by atoms with Crippen molar-refractivity contribution in [2.75, 3.05) is 31.9 Å². The Morgan fingerprint density at radius 1 is 1.09 bits per heavy atom. The van der Waals surface area contributed by atoms with Gasteiger partial charge in [0.2, 0.25) is 0 Å². The Hall–Kier alpha value is -2.11. The van der Waals surface area contributed by atoms with Crippen LogP contribution in [0.5, 0.6) is 0 Å². The van der Waals surface area contributed by atoms with Crippen molar-refractivity contribution in [3.05, 3.63) is 23.9 Å². The largest absolute Gasteiger partial charge is 0.444 e. The van der Waals surface area contributed by atoms with E-state index >= 15 is 0 Å². The zero-order valence-corrected chi connectivity index (χ0v) is 18.7. The number of halogens is 3. The molecule has 2 saturated heterocycles. The molecule has 3 heterocycles. The number of piperidine rings is 2. The number of carbonyl (C=O) groups is 1. The van der Waals surface area contributed by atoms with Gasteiger partial charge in [-0.25, -0.2) is 9.78 Å². The van der Waals surface area contributed by atoms with Crippen LogP contribution in [0.4, 0.5) is 23.8 Å². The zero-order valence-electron chi connectivity index (χ0n) is 18.7. The van der Waals surface area contributed by atoms with Crippen molar-refractivity contribution in [3.8, 4) is 0 Å². The highest BCUT2D eigenvalue weighted by molar-refractivity contribution is 5.68. The average molecular weight is 463 g/mol. The van der Waals surface area contributed by atoms with E-state index in [2.05, 4.69) is 9.88 Å². The number of pyridine rings is 1. The Morgan fingerprint density at radius 2 is 1.72 bits per heavy atom. The summed E-state index contributed by atoms with van der Waals surface area (Å²) in [6.07, 6.45) is -3.49. The van der Waals surface area contributed by atoms with E-state index < -0.39 is 29.7 Å². The number of hydrogen-bond donors (Lipinski definition) is 3. The highest BCUT2D eigenvalue weighted by Crippen LogP contribution is 2.27. The SMILES string of the molecule is CC(C)(C)OC(=O)N1CCC(N2CCC(O)C(O)C2)CC1.Nc1cccc(C(F)(F)F)n1. The molecule has 0 bridgehead atoms. The lowest BCUT2D eigenvalue weighted by atomic mass is 9.98. The first kappa shape index (κ1) is 26.1. The quantitative estimate of drug-likeness (QED) is 0.588. The maximum absolute atomic E-state index is 12.0. The molecule has 1 aromatic rings. The molecule has 1 amide bonds. The van der Waals surface area contributed by atoms with Gasteiger partial charge in [-0.05, 0) is 52.2 Å². The lowest BCUT2D eigenvalue weighted by Crippen LogP contribution is -2.54. The van der Waals surface area contributed by atoms with E-state index in [-0.39, 0.29) is 11.9 Å². The van der Waals surface area contributed by atoms with Crippen LogP contribution >= 0.6 is 0 Å². The number of nitrogens with two attached hydrogens (primary N) is 1. The summed E-state index contributed by atoms with van der Waals surface area (Å²) >= 11 is 0. The normalized spacial score (nSPS) is 23.3. The lowest BCUT2D eigenvalue weighted by Gasteiger charge is -2.42. The smallest absolute Gasteiger partial charge is 0.433 e. The Kier molecular flexibility index (Phi) is 8.72. The summed E-state index contributed by atoms with van der Waals surface area (Å²) < 4.78 is 40.9. The van der Waals surface area contributed by atoms with Crippen LogP contribution in [0.25, 0.3) is 0 Å². The number of likely N-dealkylation sites (tertiary alicyclic amines) is 2. The molecule has 2 aliphatic heterocycles. The summed E-state index contributed by atoms with van der Waals surface area (Å²) in [5, 5.41) is 19.3. The molecular formula is C21H33F3N4O4. The fraction of sp³-hybridized carbons (Fsp3) is 0.714. The van der Waals surface area contributed by atoms with Crippen molar-refractivity contribution in [1.82, 2.24) is 14.8 Å². The number of aliphatic hydroxyl groups is 2. The first-order chi connectivity index (χ1) is 14.8. The van der Waals surface area contributed by atoms with Crippen molar-refractivity contribution in [3.63, 3.8) is 0 Å². The minimum Gasteiger partial charge on any atom is -0.444 e. The monoisotopic (exact) mass is 462 g/mol. The van der Waals surface area contributed by atoms with Gasteiger partial charge in [-0.2, -0.15) is 13.2 Å². The first-order valence-corrected chi connectivity index (χ1v) is 10.6. The Balaban J connectivity index is 0.000000278. The van der Waals surface area contributed by atoms with Gasteiger partial charge < -0.3 is 25.6 Å². The zero-order chi connectivity index (χ0) is 24.1. The molecule has 182 valence electrons. The molecular weight excluding hydrogens is 429 g/mol. The van der Waals surface area contributed by atoms with Gasteiger partial charge in [0, 0.05) is 32.2 Å². The molecule has 8 nitrogen and oxygen atoms in total. The topological polar surface area (TPSA) is 112 Å². The summed E-state index contributed by atoms with van der Waals surface area (Å²) in [7, 11) is 0. The molecule has 4 N–H and O–H groups in total. The second-order valence-corrected chi connectivity index (χ2v) is 9.06. The Labute approximate surface area is 186 Å². The lowest BCUT2D eigenvalue weighted by molar-refractivity contribution is -0.141. The number of carbonyl (C=O) groups excluding carboxylic acids is 1. The molecule has 11 heteroatoms. The van der Waals surface area contributed by atoms with Crippen molar-refractivity contribution in [2.24, 2.45) is 0 Å². The number of anilines is 1. The maximum Gasteiger partial charge on any atom is 0.433 e. The van der Waals surface area contributed by atoms with E-state index in [1.807, 2.05) is 20.8 Å². The third-order valence-electron chi connectivity index (χ3n) is 5.27. The number of aromatic nitrogens is 1. The van der Waals surface area contributed by atoms with Crippen LogP contribution in [0.3, 0.4) is 0 Å². The van der Waals surface area contributed by atoms with E-state index in [0.29, 0.717) is 32.1 Å². The molecule has 2 unspecified atom stereocenters. The van der Waals surface area contributed by atoms with Crippen molar-refractivity contribution < 1.29 is 32.9 Å². The molecule has 2 aliphatic rings. The highest BCUT2D eigenvalue weighted by Gasteiger charge is 2.34. The summed E-state index contributed by atoms with van der Waals surface area (Å²) in [6.45, 7) is 8.34. The Bertz CT molecular complexity index is 749. The van der Waals surface area contributed by atoms with Gasteiger partial charge in [0.1, 0.15) is 17.1 Å². The fourth-order valence-electron chi connectivity index (χ4n) is 3.62. The van der Waals surface area contributed by atoms with Crippen molar-refractivity contribution in [1.29, 1.82) is 0 Å². The molecule has 1 aromatic heterocycles. The summed E-state index contributed by atoms with van der Waals surface area (Å²) in [5.41, 5.74) is 3.63. The summed E-state index contributed by atoms with van der Waals surface area (Å²) in [4.78, 5) is 19.1. The molecule has 0 aromatic carbocycles. The predicted molar refractivity (Wildman–Crippen MR) is 113 cm³/mol. The minimum absolute atomic E-state index is 0.125. The standard InChI is InChI=1S/C15H28N2O4.C6H5F3N2/c1-15(2,3)21-14(20)16-7-4-11(5-8-16)17-9-6-12(18)13(19)10-17;7-6(8,9)4-2-1-3-5(10)11-4/h11-13,18-19H,4-10H2,1-3H3;1-3H,(H2,10,11). The van der Waals surface area contributed by atoms with Crippen LogP contribution in [0.15, 0.2) is 18.2 Å². The average Bonchev–Trinajstić information content (AvgIpc) is 2.69. The Morgan fingerprint density at radius 3 is 2.19 bits per heavy atom. The van der Waals surface area contributed by atoms with Gasteiger partial charge in [0.25, 0.3) is 0 Å². The molecule has 3 rings (SSSR count). The van der Waals surface area contributed by atoms with Gasteiger partial charge in [0.05, 0.1) is 12.2 Å². The van der Waals surface area contributed by atoms with Gasteiger partial charge in [-0.15, -0.1) is 0 Å². The van der Waals surface area contributed by atoms with Crippen LogP contribution in [-0.2, 0) is 10.9 Å². The number of amides is 1. The molecule has 2 atom stereocenters. The summed E-state index contributed by atoms with van der Waals surface area (Å²) in [6, 6.07) is 3.77. The second-order valence-electron chi connectivity index (χ2n) is 9.06. The third-order valence-corrected chi connectivity index (χ3v) is 5.27. The van der Waals surface area contributed by atoms with Crippen LogP contribution in [0, 0.1) is 0 Å². The second kappa shape index (κ2) is 10.7. The van der Waals surface area contributed by atoms with Crippen molar-refractivity contribution >= 4 is 11.9 Å². The highest BCUT2D eigenvalue weighted by atomic mass is 19.4. The molecule has 0 aliphatic carbocycles. The third kappa shape index (κ3) is 8.10. The van der Waals surface area contributed by atoms with E-state index in [9.17, 15) is 28.2 Å². The summed E-state index contributed by atoms with van der Waals surface area (Å²) in [5.74, 6) is -0.125. The van der Waals surface area contributed by atoms with Crippen molar-refractivity contribution in [2.45, 2.75) is 70.1 Å². The van der Waals surface area contributed by atoms with Crippen LogP contribution in [0.1, 0.15) is 45.7 Å². The molecule has 2 fully saturated rings. The number of β-amino-alcohol motifs (C(OH)–C–C–N with tert-alkyl or cyclic N) is 1. The number of nitrogen functional groups attached to an aromatic ring is 1. The molecule has 0 spiro atoms. The number of ether oxygens (including phenoxy) is 1. The number of rotatable bonds is 1. The number of alkyl halides is 3. The number of hydrogen-bond acceptors (Lipinski definition) is 7. The van der Waals surface area contributed by atoms with E-state index in [0.717, 1.165) is 25.5 Å². The first-order valence-electron chi connectivity index (χ1n) is 10.6. The van der Waals surface area contributed by atoms with Crippen LogP contribution < -0.4 is 5.73 Å². The van der Waals surface area contributed by atoms with Crippen LogP contribution in [-0.4, -0.2) is 81.1 Å². The van der Waals surface area contributed by atoms with Gasteiger partial charge in [-0.3, -0.25) is 4.90 Å². The maximum atomic E-state index is 12.0. The molecule has 0 radical (unpaired) electrons. The molecule has 0 saturated carbocycles. The van der Waals surface area contributed by atoms with Gasteiger partial charge in [0.15, 0.2) is 0 Å². The van der Waals surface area contributed by atoms with E-state index in [1.54, 1.807) is 4.90 Å². The fourth-order valence-corrected chi connectivity index (χ4v) is 3.62. The van der Waals surface area contributed by atoms with Gasteiger partial charge >= 0.3 is 12.3 Å². The van der Waals surface area contributed by atoms with E-state index in [1.165, 1.54) is 12.1 Å². The van der Waals surface area contributed by atoms with Crippen LogP contribution in [0.2, 0.25) is 0 Å². The predicted octanol–water partition coefficient (Wildman–Crippen LogP) is 2.50. The number of aliphatic hydroxyl groups excluding tert-OH is 2. The number of nitrogens with zero attached hydrogens (tertiary/aromatic N) is 3.